The lowest BCUT2D eigenvalue weighted by atomic mass is 9.75. The standard InChI is InChI=1S/C18H18N2O2/c1-3-22-17(21)18(2,12-14-8-10-20-11-9-14)16-7-5-4-6-15(16)13-19/h4-11H,3,12H2,1-2H3. The maximum atomic E-state index is 12.6. The first-order chi connectivity index (χ1) is 10.6. The van der Waals surface area contributed by atoms with Crippen LogP contribution in [-0.2, 0) is 21.4 Å². The number of hydrogen-bond donors (Lipinski definition) is 0. The molecule has 0 N–H and O–H groups in total. The van der Waals surface area contributed by atoms with Crippen LogP contribution in [0.2, 0.25) is 0 Å². The highest BCUT2D eigenvalue weighted by Gasteiger charge is 2.38. The van der Waals surface area contributed by atoms with Crippen molar-refractivity contribution in [3.05, 3.63) is 65.5 Å². The monoisotopic (exact) mass is 294 g/mol. The Morgan fingerprint density at radius 3 is 2.59 bits per heavy atom. The fourth-order valence-corrected chi connectivity index (χ4v) is 2.54. The zero-order valence-corrected chi connectivity index (χ0v) is 12.7. The molecule has 1 unspecified atom stereocenters. The van der Waals surface area contributed by atoms with Crippen molar-refractivity contribution in [2.45, 2.75) is 25.7 Å². The number of aromatic nitrogens is 1. The molecule has 2 rings (SSSR count). The van der Waals surface area contributed by atoms with E-state index < -0.39 is 5.41 Å². The van der Waals surface area contributed by atoms with E-state index >= 15 is 0 Å². The second kappa shape index (κ2) is 6.86. The van der Waals surface area contributed by atoms with Crippen LogP contribution in [0.4, 0.5) is 0 Å². The molecule has 112 valence electrons. The molecule has 0 aliphatic carbocycles. The van der Waals surface area contributed by atoms with Crippen LogP contribution in [0, 0.1) is 11.3 Å². The van der Waals surface area contributed by atoms with E-state index in [1.54, 1.807) is 31.5 Å². The molecule has 0 amide bonds. The van der Waals surface area contributed by atoms with E-state index in [2.05, 4.69) is 11.1 Å². The van der Waals surface area contributed by atoms with Gasteiger partial charge in [0.15, 0.2) is 0 Å². The van der Waals surface area contributed by atoms with Gasteiger partial charge < -0.3 is 4.74 Å². The summed E-state index contributed by atoms with van der Waals surface area (Å²) in [5, 5.41) is 9.35. The Labute approximate surface area is 130 Å². The first-order valence-electron chi connectivity index (χ1n) is 7.17. The van der Waals surface area contributed by atoms with Crippen molar-refractivity contribution < 1.29 is 9.53 Å². The number of pyridine rings is 1. The summed E-state index contributed by atoms with van der Waals surface area (Å²) >= 11 is 0. The third kappa shape index (κ3) is 3.15. The molecule has 0 saturated heterocycles. The van der Waals surface area contributed by atoms with Crippen LogP contribution in [-0.4, -0.2) is 17.6 Å². The van der Waals surface area contributed by atoms with E-state index in [-0.39, 0.29) is 5.97 Å². The minimum absolute atomic E-state index is 0.305. The fourth-order valence-electron chi connectivity index (χ4n) is 2.54. The highest BCUT2D eigenvalue weighted by Crippen LogP contribution is 2.32. The Kier molecular flexibility index (Phi) is 4.90. The highest BCUT2D eigenvalue weighted by molar-refractivity contribution is 5.84. The van der Waals surface area contributed by atoms with E-state index in [9.17, 15) is 10.1 Å². The average molecular weight is 294 g/mol. The van der Waals surface area contributed by atoms with Crippen molar-refractivity contribution in [3.8, 4) is 6.07 Å². The molecular weight excluding hydrogens is 276 g/mol. The van der Waals surface area contributed by atoms with Gasteiger partial charge in [-0.1, -0.05) is 18.2 Å². The second-order valence-electron chi connectivity index (χ2n) is 5.24. The maximum absolute atomic E-state index is 12.6. The number of carbonyl (C=O) groups is 1. The first kappa shape index (κ1) is 15.7. The van der Waals surface area contributed by atoms with Gasteiger partial charge in [0, 0.05) is 12.4 Å². The molecule has 0 fully saturated rings. The number of nitriles is 1. The Balaban J connectivity index is 2.51. The highest BCUT2D eigenvalue weighted by atomic mass is 16.5. The molecule has 4 heteroatoms. The molecule has 1 aromatic carbocycles. The van der Waals surface area contributed by atoms with Crippen molar-refractivity contribution in [2.24, 2.45) is 0 Å². The van der Waals surface area contributed by atoms with Crippen molar-refractivity contribution in [1.29, 1.82) is 5.26 Å². The van der Waals surface area contributed by atoms with E-state index in [0.29, 0.717) is 24.2 Å². The Hall–Kier alpha value is -2.67. The predicted molar refractivity (Wildman–Crippen MR) is 83.1 cm³/mol. The molecule has 4 nitrogen and oxygen atoms in total. The van der Waals surface area contributed by atoms with Crippen LogP contribution in [0.15, 0.2) is 48.8 Å². The number of benzene rings is 1. The van der Waals surface area contributed by atoms with Gasteiger partial charge in [0.1, 0.15) is 0 Å². The molecule has 0 aliphatic heterocycles. The van der Waals surface area contributed by atoms with E-state index in [1.165, 1.54) is 0 Å². The van der Waals surface area contributed by atoms with E-state index in [1.807, 2.05) is 31.2 Å². The van der Waals surface area contributed by atoms with Gasteiger partial charge in [-0.3, -0.25) is 9.78 Å². The van der Waals surface area contributed by atoms with E-state index in [4.69, 9.17) is 4.74 Å². The number of esters is 1. The lowest BCUT2D eigenvalue weighted by Gasteiger charge is -2.28. The summed E-state index contributed by atoms with van der Waals surface area (Å²) < 4.78 is 5.27. The maximum Gasteiger partial charge on any atom is 0.316 e. The SMILES string of the molecule is CCOC(=O)C(C)(Cc1ccncc1)c1ccccc1C#N. The smallest absolute Gasteiger partial charge is 0.316 e. The molecule has 0 radical (unpaired) electrons. The van der Waals surface area contributed by atoms with Crippen LogP contribution in [0.5, 0.6) is 0 Å². The number of nitrogens with zero attached hydrogens (tertiary/aromatic N) is 2. The molecule has 22 heavy (non-hydrogen) atoms. The van der Waals surface area contributed by atoms with Crippen molar-refractivity contribution in [1.82, 2.24) is 4.98 Å². The summed E-state index contributed by atoms with van der Waals surface area (Å²) in [4.78, 5) is 16.6. The number of rotatable bonds is 5. The van der Waals surface area contributed by atoms with Gasteiger partial charge in [-0.15, -0.1) is 0 Å². The van der Waals surface area contributed by atoms with Crippen LogP contribution >= 0.6 is 0 Å². The summed E-state index contributed by atoms with van der Waals surface area (Å²) in [6.07, 6.45) is 3.83. The zero-order valence-electron chi connectivity index (χ0n) is 12.7. The summed E-state index contributed by atoms with van der Waals surface area (Å²) in [5.41, 5.74) is 1.24. The summed E-state index contributed by atoms with van der Waals surface area (Å²) in [7, 11) is 0. The van der Waals surface area contributed by atoms with Crippen LogP contribution < -0.4 is 0 Å². The molecule has 1 heterocycles. The molecule has 1 atom stereocenters. The van der Waals surface area contributed by atoms with Crippen molar-refractivity contribution >= 4 is 5.97 Å². The average Bonchev–Trinajstić information content (AvgIpc) is 2.55. The third-order valence-electron chi connectivity index (χ3n) is 3.67. The summed E-state index contributed by atoms with van der Waals surface area (Å²) in [5.74, 6) is -0.325. The second-order valence-corrected chi connectivity index (χ2v) is 5.24. The third-order valence-corrected chi connectivity index (χ3v) is 3.67. The quantitative estimate of drug-likeness (QED) is 0.795. The van der Waals surface area contributed by atoms with Crippen LogP contribution in [0.25, 0.3) is 0 Å². The lowest BCUT2D eigenvalue weighted by Crippen LogP contribution is -2.37. The predicted octanol–water partition coefficient (Wildman–Crippen LogP) is 3.02. The van der Waals surface area contributed by atoms with Gasteiger partial charge in [0.25, 0.3) is 0 Å². The van der Waals surface area contributed by atoms with Gasteiger partial charge >= 0.3 is 5.97 Å². The Morgan fingerprint density at radius 1 is 1.27 bits per heavy atom. The minimum Gasteiger partial charge on any atom is -0.465 e. The lowest BCUT2D eigenvalue weighted by molar-refractivity contribution is -0.149. The summed E-state index contributed by atoms with van der Waals surface area (Å²) in [6, 6.07) is 13.1. The normalized spacial score (nSPS) is 13.0. The van der Waals surface area contributed by atoms with E-state index in [0.717, 1.165) is 5.56 Å². The summed E-state index contributed by atoms with van der Waals surface area (Å²) in [6.45, 7) is 3.90. The molecule has 1 aromatic heterocycles. The molecule has 0 spiro atoms. The molecule has 0 saturated carbocycles. The Bertz CT molecular complexity index is 692. The molecule has 2 aromatic rings. The van der Waals surface area contributed by atoms with Gasteiger partial charge in [-0.25, -0.2) is 0 Å². The first-order valence-corrected chi connectivity index (χ1v) is 7.17. The molecular formula is C18H18N2O2. The van der Waals surface area contributed by atoms with Gasteiger partial charge in [0.05, 0.1) is 23.7 Å². The minimum atomic E-state index is -0.913. The molecule has 0 aliphatic rings. The molecule has 0 bridgehead atoms. The topological polar surface area (TPSA) is 63.0 Å². The van der Waals surface area contributed by atoms with Crippen molar-refractivity contribution in [3.63, 3.8) is 0 Å². The van der Waals surface area contributed by atoms with Crippen LogP contribution in [0.3, 0.4) is 0 Å². The fraction of sp³-hybridized carbons (Fsp3) is 0.278. The van der Waals surface area contributed by atoms with Gasteiger partial charge in [-0.05, 0) is 49.6 Å². The van der Waals surface area contributed by atoms with Gasteiger partial charge in [-0.2, -0.15) is 5.26 Å². The number of ether oxygens (including phenoxy) is 1. The van der Waals surface area contributed by atoms with Gasteiger partial charge in [0.2, 0.25) is 0 Å². The van der Waals surface area contributed by atoms with Crippen molar-refractivity contribution in [2.75, 3.05) is 6.61 Å². The zero-order chi connectivity index (χ0) is 16.0. The largest absolute Gasteiger partial charge is 0.465 e. The number of hydrogen-bond acceptors (Lipinski definition) is 4. The van der Waals surface area contributed by atoms with Crippen LogP contribution in [0.1, 0.15) is 30.5 Å². The number of carbonyl (C=O) groups excluding carboxylic acids is 1. The Morgan fingerprint density at radius 2 is 1.95 bits per heavy atom.